The van der Waals surface area contributed by atoms with Gasteiger partial charge in [-0.05, 0) is 50.6 Å². The van der Waals surface area contributed by atoms with Gasteiger partial charge in [-0.2, -0.15) is 0 Å². The van der Waals surface area contributed by atoms with Crippen LogP contribution in [0.5, 0.6) is 0 Å². The lowest BCUT2D eigenvalue weighted by atomic mass is 10.0. The molecule has 3 rings (SSSR count). The fourth-order valence-electron chi connectivity index (χ4n) is 2.90. The van der Waals surface area contributed by atoms with E-state index in [9.17, 15) is 4.79 Å². The highest BCUT2D eigenvalue weighted by atomic mass is 16.4. The van der Waals surface area contributed by atoms with Crippen LogP contribution in [0.15, 0.2) is 57.7 Å². The van der Waals surface area contributed by atoms with Gasteiger partial charge in [-0.15, -0.1) is 0 Å². The highest BCUT2D eigenvalue weighted by Gasteiger charge is 2.15. The second-order valence-electron chi connectivity index (χ2n) is 5.84. The van der Waals surface area contributed by atoms with Crippen LogP contribution in [-0.4, -0.2) is 6.54 Å². The zero-order chi connectivity index (χ0) is 16.4. The standard InChI is InChI=1S/C20H21NO2/c1-4-21(16-8-6-5-7-9-16)13-18-15(3)17-12-14(2)10-11-19(17)23-20(18)22/h5-12H,4,13H2,1-3H3. The lowest BCUT2D eigenvalue weighted by molar-refractivity contribution is 0.546. The summed E-state index contributed by atoms with van der Waals surface area (Å²) in [5.74, 6) is 0. The van der Waals surface area contributed by atoms with Gasteiger partial charge in [0, 0.05) is 17.6 Å². The van der Waals surface area contributed by atoms with Gasteiger partial charge in [0.2, 0.25) is 0 Å². The third-order valence-electron chi connectivity index (χ3n) is 4.29. The Balaban J connectivity index is 2.07. The molecule has 2 aromatic carbocycles. The molecule has 0 saturated carbocycles. The van der Waals surface area contributed by atoms with Crippen molar-refractivity contribution >= 4 is 16.7 Å². The molecule has 3 nitrogen and oxygen atoms in total. The number of hydrogen-bond donors (Lipinski definition) is 0. The Labute approximate surface area is 136 Å². The van der Waals surface area contributed by atoms with Crippen molar-refractivity contribution in [1.82, 2.24) is 0 Å². The SMILES string of the molecule is CCN(Cc1c(C)c2cc(C)ccc2oc1=O)c1ccccc1. The first-order valence-electron chi connectivity index (χ1n) is 7.93. The van der Waals surface area contributed by atoms with E-state index in [1.807, 2.05) is 44.2 Å². The molecule has 0 aliphatic heterocycles. The third kappa shape index (κ3) is 3.00. The maximum Gasteiger partial charge on any atom is 0.341 e. The van der Waals surface area contributed by atoms with Gasteiger partial charge in [0.05, 0.1) is 12.1 Å². The summed E-state index contributed by atoms with van der Waals surface area (Å²) in [6.07, 6.45) is 0. The van der Waals surface area contributed by atoms with Crippen LogP contribution in [0, 0.1) is 13.8 Å². The molecule has 3 aromatic rings. The van der Waals surface area contributed by atoms with Crippen LogP contribution >= 0.6 is 0 Å². The molecule has 1 heterocycles. The molecule has 118 valence electrons. The summed E-state index contributed by atoms with van der Waals surface area (Å²) in [7, 11) is 0. The highest BCUT2D eigenvalue weighted by Crippen LogP contribution is 2.23. The van der Waals surface area contributed by atoms with Gasteiger partial charge in [0.1, 0.15) is 5.58 Å². The summed E-state index contributed by atoms with van der Waals surface area (Å²) in [4.78, 5) is 14.6. The lowest BCUT2D eigenvalue weighted by Crippen LogP contribution is -2.26. The second kappa shape index (κ2) is 6.29. The molecule has 23 heavy (non-hydrogen) atoms. The molecule has 3 heteroatoms. The number of nitrogens with zero attached hydrogens (tertiary/aromatic N) is 1. The van der Waals surface area contributed by atoms with Crippen molar-refractivity contribution in [2.45, 2.75) is 27.3 Å². The third-order valence-corrected chi connectivity index (χ3v) is 4.29. The zero-order valence-corrected chi connectivity index (χ0v) is 13.8. The molecular formula is C20H21NO2. The molecule has 0 radical (unpaired) electrons. The van der Waals surface area contributed by atoms with Gasteiger partial charge in [-0.25, -0.2) is 4.79 Å². The van der Waals surface area contributed by atoms with Crippen LogP contribution in [-0.2, 0) is 6.54 Å². The lowest BCUT2D eigenvalue weighted by Gasteiger charge is -2.23. The number of para-hydroxylation sites is 1. The summed E-state index contributed by atoms with van der Waals surface area (Å²) < 4.78 is 5.53. The summed E-state index contributed by atoms with van der Waals surface area (Å²) in [5.41, 5.74) is 4.43. The Morgan fingerprint density at radius 3 is 2.48 bits per heavy atom. The van der Waals surface area contributed by atoms with E-state index in [4.69, 9.17) is 4.42 Å². The van der Waals surface area contributed by atoms with Crippen LogP contribution in [0.1, 0.15) is 23.6 Å². The van der Waals surface area contributed by atoms with Crippen molar-refractivity contribution in [2.75, 3.05) is 11.4 Å². The highest BCUT2D eigenvalue weighted by molar-refractivity contribution is 5.81. The van der Waals surface area contributed by atoms with Gasteiger partial charge in [0.15, 0.2) is 0 Å². The minimum Gasteiger partial charge on any atom is -0.422 e. The van der Waals surface area contributed by atoms with E-state index in [2.05, 4.69) is 30.0 Å². The smallest absolute Gasteiger partial charge is 0.341 e. The fraction of sp³-hybridized carbons (Fsp3) is 0.250. The van der Waals surface area contributed by atoms with Crippen LogP contribution in [0.4, 0.5) is 5.69 Å². The number of benzene rings is 2. The molecule has 0 fully saturated rings. The summed E-state index contributed by atoms with van der Waals surface area (Å²) in [5, 5.41) is 1.02. The second-order valence-corrected chi connectivity index (χ2v) is 5.84. The number of aryl methyl sites for hydroxylation is 2. The van der Waals surface area contributed by atoms with Gasteiger partial charge in [0.25, 0.3) is 0 Å². The first kappa shape index (κ1) is 15.3. The minimum atomic E-state index is -0.242. The van der Waals surface area contributed by atoms with E-state index in [1.165, 1.54) is 0 Å². The normalized spacial score (nSPS) is 10.9. The molecule has 0 unspecified atom stereocenters. The molecule has 0 spiro atoms. The zero-order valence-electron chi connectivity index (χ0n) is 13.8. The van der Waals surface area contributed by atoms with Crippen molar-refractivity contribution in [2.24, 2.45) is 0 Å². The first-order chi connectivity index (χ1) is 11.1. The average molecular weight is 307 g/mol. The van der Waals surface area contributed by atoms with Gasteiger partial charge in [-0.1, -0.05) is 29.8 Å². The van der Waals surface area contributed by atoms with Gasteiger partial charge >= 0.3 is 5.63 Å². The van der Waals surface area contributed by atoms with Crippen LogP contribution in [0.3, 0.4) is 0 Å². The molecule has 0 N–H and O–H groups in total. The first-order valence-corrected chi connectivity index (χ1v) is 7.93. The maximum absolute atomic E-state index is 12.4. The van der Waals surface area contributed by atoms with Crippen molar-refractivity contribution in [3.05, 3.63) is 75.6 Å². The van der Waals surface area contributed by atoms with Crippen LogP contribution < -0.4 is 10.5 Å². The van der Waals surface area contributed by atoms with Crippen molar-refractivity contribution < 1.29 is 4.42 Å². The van der Waals surface area contributed by atoms with Crippen molar-refractivity contribution in [3.8, 4) is 0 Å². The van der Waals surface area contributed by atoms with E-state index in [1.54, 1.807) is 0 Å². The Hall–Kier alpha value is -2.55. The Bertz CT molecular complexity index is 881. The van der Waals surface area contributed by atoms with Crippen molar-refractivity contribution in [1.29, 1.82) is 0 Å². The molecule has 0 atom stereocenters. The molecule has 1 aromatic heterocycles. The molecule has 0 aliphatic carbocycles. The van der Waals surface area contributed by atoms with E-state index >= 15 is 0 Å². The quantitative estimate of drug-likeness (QED) is 0.668. The number of fused-ring (bicyclic) bond motifs is 1. The largest absolute Gasteiger partial charge is 0.422 e. The number of rotatable bonds is 4. The molecule has 0 amide bonds. The Morgan fingerprint density at radius 1 is 1.04 bits per heavy atom. The molecular weight excluding hydrogens is 286 g/mol. The Kier molecular flexibility index (Phi) is 4.20. The fourth-order valence-corrected chi connectivity index (χ4v) is 2.90. The van der Waals surface area contributed by atoms with Crippen LogP contribution in [0.25, 0.3) is 11.0 Å². The summed E-state index contributed by atoms with van der Waals surface area (Å²) >= 11 is 0. The summed E-state index contributed by atoms with van der Waals surface area (Å²) in [6, 6.07) is 16.1. The van der Waals surface area contributed by atoms with Crippen molar-refractivity contribution in [3.63, 3.8) is 0 Å². The van der Waals surface area contributed by atoms with E-state index < -0.39 is 0 Å². The monoisotopic (exact) mass is 307 g/mol. The van der Waals surface area contributed by atoms with E-state index in [-0.39, 0.29) is 5.63 Å². The summed E-state index contributed by atoms with van der Waals surface area (Å²) in [6.45, 7) is 7.53. The molecule has 0 aliphatic rings. The van der Waals surface area contributed by atoms with Crippen LogP contribution in [0.2, 0.25) is 0 Å². The van der Waals surface area contributed by atoms with E-state index in [0.29, 0.717) is 12.1 Å². The van der Waals surface area contributed by atoms with Gasteiger partial charge in [-0.3, -0.25) is 0 Å². The number of anilines is 1. The average Bonchev–Trinajstić information content (AvgIpc) is 2.57. The predicted octanol–water partition coefficient (Wildman–Crippen LogP) is 4.44. The minimum absolute atomic E-state index is 0.242. The van der Waals surface area contributed by atoms with E-state index in [0.717, 1.165) is 34.3 Å². The molecule has 0 bridgehead atoms. The Morgan fingerprint density at radius 2 is 1.78 bits per heavy atom. The molecule has 0 saturated heterocycles. The maximum atomic E-state index is 12.4. The number of hydrogen-bond acceptors (Lipinski definition) is 3. The topological polar surface area (TPSA) is 33.5 Å². The predicted molar refractivity (Wildman–Crippen MR) is 95.1 cm³/mol. The van der Waals surface area contributed by atoms with Gasteiger partial charge < -0.3 is 9.32 Å².